The van der Waals surface area contributed by atoms with Crippen molar-refractivity contribution in [2.75, 3.05) is 19.7 Å². The molecule has 1 fully saturated rings. The van der Waals surface area contributed by atoms with Gasteiger partial charge in [-0.2, -0.15) is 0 Å². The van der Waals surface area contributed by atoms with E-state index in [2.05, 4.69) is 5.32 Å². The van der Waals surface area contributed by atoms with Crippen LogP contribution in [0.1, 0.15) is 6.92 Å². The van der Waals surface area contributed by atoms with Gasteiger partial charge in [-0.1, -0.05) is 0 Å². The highest BCUT2D eigenvalue weighted by Gasteiger charge is 2.39. The number of hydrogen-bond donors (Lipinski definition) is 1. The molecule has 3 nitrogen and oxygen atoms in total. The number of esters is 1. The average molecular weight is 193 g/mol. The maximum atomic E-state index is 12.3. The van der Waals surface area contributed by atoms with E-state index in [4.69, 9.17) is 4.74 Å². The number of nitrogens with one attached hydrogen (secondary N) is 1. The lowest BCUT2D eigenvalue weighted by Crippen LogP contribution is -2.29. The number of rotatable bonds is 3. The minimum Gasteiger partial charge on any atom is -0.466 e. The average Bonchev–Trinajstić information content (AvgIpc) is 2.52. The highest BCUT2D eigenvalue weighted by atomic mass is 19.3. The number of ether oxygens (including phenoxy) is 1. The largest absolute Gasteiger partial charge is 0.466 e. The Morgan fingerprint density at radius 1 is 1.62 bits per heavy atom. The third-order valence-electron chi connectivity index (χ3n) is 2.17. The predicted octanol–water partition coefficient (Wildman–Crippen LogP) is 0.650. The Labute approximate surface area is 75.4 Å². The summed E-state index contributed by atoms with van der Waals surface area (Å²) in [7, 11) is 0. The molecule has 0 saturated carbocycles. The number of halogens is 2. The summed E-state index contributed by atoms with van der Waals surface area (Å²) in [6.45, 7) is 2.40. The molecule has 0 aliphatic carbocycles. The first-order valence-electron chi connectivity index (χ1n) is 4.32. The van der Waals surface area contributed by atoms with Gasteiger partial charge in [0.05, 0.1) is 12.5 Å². The van der Waals surface area contributed by atoms with Crippen molar-refractivity contribution in [1.82, 2.24) is 5.32 Å². The van der Waals surface area contributed by atoms with Crippen molar-refractivity contribution < 1.29 is 18.3 Å². The Hall–Kier alpha value is -0.710. The van der Waals surface area contributed by atoms with Gasteiger partial charge in [0.2, 0.25) is 6.43 Å². The molecule has 1 saturated heterocycles. The molecule has 0 radical (unpaired) electrons. The molecule has 1 N–H and O–H groups in total. The second kappa shape index (κ2) is 4.50. The normalized spacial score (nSPS) is 28.0. The van der Waals surface area contributed by atoms with E-state index in [0.29, 0.717) is 6.54 Å². The first-order valence-corrected chi connectivity index (χ1v) is 4.32. The van der Waals surface area contributed by atoms with Gasteiger partial charge in [0, 0.05) is 19.0 Å². The van der Waals surface area contributed by atoms with Crippen LogP contribution in [0.3, 0.4) is 0 Å². The molecule has 0 aromatic heterocycles. The fraction of sp³-hybridized carbons (Fsp3) is 0.875. The second-order valence-corrected chi connectivity index (χ2v) is 3.02. The predicted molar refractivity (Wildman–Crippen MR) is 42.5 cm³/mol. The maximum Gasteiger partial charge on any atom is 0.310 e. The van der Waals surface area contributed by atoms with Crippen LogP contribution in [0.25, 0.3) is 0 Å². The van der Waals surface area contributed by atoms with E-state index in [0.717, 1.165) is 0 Å². The van der Waals surface area contributed by atoms with Crippen molar-refractivity contribution in [3.8, 4) is 0 Å². The third kappa shape index (κ3) is 2.37. The SMILES string of the molecule is CCOC(=O)[C@H]1CNC[C@@H]1C(F)F. The second-order valence-electron chi connectivity index (χ2n) is 3.02. The van der Waals surface area contributed by atoms with Crippen molar-refractivity contribution in [1.29, 1.82) is 0 Å². The van der Waals surface area contributed by atoms with E-state index in [1.165, 1.54) is 0 Å². The van der Waals surface area contributed by atoms with Crippen LogP contribution in [0.5, 0.6) is 0 Å². The summed E-state index contributed by atoms with van der Waals surface area (Å²) >= 11 is 0. The summed E-state index contributed by atoms with van der Waals surface area (Å²) in [6.07, 6.45) is -2.45. The fourth-order valence-electron chi connectivity index (χ4n) is 1.47. The zero-order valence-corrected chi connectivity index (χ0v) is 7.43. The van der Waals surface area contributed by atoms with E-state index in [1.807, 2.05) is 0 Å². The Morgan fingerprint density at radius 2 is 2.31 bits per heavy atom. The monoisotopic (exact) mass is 193 g/mol. The molecule has 0 unspecified atom stereocenters. The first-order chi connectivity index (χ1) is 6.16. The lowest BCUT2D eigenvalue weighted by Gasteiger charge is -2.15. The number of carbonyl (C=O) groups is 1. The Balaban J connectivity index is 2.52. The topological polar surface area (TPSA) is 38.3 Å². The number of alkyl halides is 2. The molecule has 0 amide bonds. The van der Waals surface area contributed by atoms with E-state index < -0.39 is 24.2 Å². The summed E-state index contributed by atoms with van der Waals surface area (Å²) < 4.78 is 29.4. The molecular formula is C8H13F2NO2. The Bertz CT molecular complexity index is 187. The summed E-state index contributed by atoms with van der Waals surface area (Å²) in [5.74, 6) is -2.09. The number of carbonyl (C=O) groups excluding carboxylic acids is 1. The van der Waals surface area contributed by atoms with Crippen LogP contribution in [0.15, 0.2) is 0 Å². The van der Waals surface area contributed by atoms with Crippen molar-refractivity contribution >= 4 is 5.97 Å². The molecule has 1 aliphatic heterocycles. The highest BCUT2D eigenvalue weighted by molar-refractivity contribution is 5.73. The summed E-state index contributed by atoms with van der Waals surface area (Å²) in [5.41, 5.74) is 0. The first kappa shape index (κ1) is 10.4. The van der Waals surface area contributed by atoms with Crippen molar-refractivity contribution in [2.45, 2.75) is 13.3 Å². The number of hydrogen-bond acceptors (Lipinski definition) is 3. The van der Waals surface area contributed by atoms with Gasteiger partial charge in [0.1, 0.15) is 0 Å². The summed E-state index contributed by atoms with van der Waals surface area (Å²) in [6, 6.07) is 0. The summed E-state index contributed by atoms with van der Waals surface area (Å²) in [5, 5.41) is 2.76. The maximum absolute atomic E-state index is 12.3. The van der Waals surface area contributed by atoms with Gasteiger partial charge < -0.3 is 10.1 Å². The van der Waals surface area contributed by atoms with Gasteiger partial charge in [0.25, 0.3) is 0 Å². The lowest BCUT2D eigenvalue weighted by molar-refractivity contribution is -0.150. The van der Waals surface area contributed by atoms with Gasteiger partial charge in [-0.15, -0.1) is 0 Å². The van der Waals surface area contributed by atoms with Crippen molar-refractivity contribution in [3.05, 3.63) is 0 Å². The van der Waals surface area contributed by atoms with Crippen LogP contribution < -0.4 is 5.32 Å². The Kier molecular flexibility index (Phi) is 3.59. The lowest BCUT2D eigenvalue weighted by atomic mass is 9.97. The van der Waals surface area contributed by atoms with Crippen LogP contribution in [-0.2, 0) is 9.53 Å². The van der Waals surface area contributed by atoms with Crippen LogP contribution in [-0.4, -0.2) is 32.1 Å². The molecule has 1 aliphatic rings. The molecule has 1 heterocycles. The quantitative estimate of drug-likeness (QED) is 0.669. The van der Waals surface area contributed by atoms with Crippen LogP contribution >= 0.6 is 0 Å². The zero-order chi connectivity index (χ0) is 9.84. The molecular weight excluding hydrogens is 180 g/mol. The van der Waals surface area contributed by atoms with E-state index >= 15 is 0 Å². The van der Waals surface area contributed by atoms with E-state index in [-0.39, 0.29) is 13.2 Å². The van der Waals surface area contributed by atoms with Gasteiger partial charge in [-0.25, -0.2) is 8.78 Å². The minimum absolute atomic E-state index is 0.196. The summed E-state index contributed by atoms with van der Waals surface area (Å²) in [4.78, 5) is 11.2. The molecule has 0 spiro atoms. The molecule has 76 valence electrons. The van der Waals surface area contributed by atoms with Gasteiger partial charge in [-0.3, -0.25) is 4.79 Å². The minimum atomic E-state index is -2.45. The standard InChI is InChI=1S/C8H13F2NO2/c1-2-13-8(12)6-4-11-3-5(6)7(9)10/h5-7,11H,2-4H2,1H3/t5-,6-/m0/s1. The molecule has 2 atom stereocenters. The van der Waals surface area contributed by atoms with Gasteiger partial charge in [0.15, 0.2) is 0 Å². The molecule has 1 rings (SSSR count). The third-order valence-corrected chi connectivity index (χ3v) is 2.17. The molecule has 5 heteroatoms. The molecule has 0 bridgehead atoms. The van der Waals surface area contributed by atoms with Crippen LogP contribution in [0, 0.1) is 11.8 Å². The van der Waals surface area contributed by atoms with E-state index in [1.54, 1.807) is 6.92 Å². The molecule has 13 heavy (non-hydrogen) atoms. The Morgan fingerprint density at radius 3 is 2.85 bits per heavy atom. The fourth-order valence-corrected chi connectivity index (χ4v) is 1.47. The zero-order valence-electron chi connectivity index (χ0n) is 7.43. The van der Waals surface area contributed by atoms with E-state index in [9.17, 15) is 13.6 Å². The van der Waals surface area contributed by atoms with Gasteiger partial charge in [-0.05, 0) is 6.92 Å². The van der Waals surface area contributed by atoms with Gasteiger partial charge >= 0.3 is 5.97 Å². The molecule has 0 aromatic rings. The van der Waals surface area contributed by atoms with Crippen LogP contribution in [0.4, 0.5) is 8.78 Å². The molecule has 0 aromatic carbocycles. The van der Waals surface area contributed by atoms with Crippen molar-refractivity contribution in [3.63, 3.8) is 0 Å². The smallest absolute Gasteiger partial charge is 0.310 e. The van der Waals surface area contributed by atoms with Crippen LogP contribution in [0.2, 0.25) is 0 Å². The van der Waals surface area contributed by atoms with Crippen molar-refractivity contribution in [2.24, 2.45) is 11.8 Å². The highest BCUT2D eigenvalue weighted by Crippen LogP contribution is 2.24.